The van der Waals surface area contributed by atoms with E-state index in [0.29, 0.717) is 47.0 Å². The van der Waals surface area contributed by atoms with Crippen LogP contribution in [-0.2, 0) is 11.3 Å². The lowest BCUT2D eigenvalue weighted by atomic mass is 9.43. The smallest absolute Gasteiger partial charge is 0.303 e. The summed E-state index contributed by atoms with van der Waals surface area (Å²) in [4.78, 5) is 15.6. The highest BCUT2D eigenvalue weighted by Crippen LogP contribution is 2.68. The predicted molar refractivity (Wildman–Crippen MR) is 160 cm³/mol. The summed E-state index contributed by atoms with van der Waals surface area (Å²) in [6.45, 7) is 10.3. The molecule has 0 spiro atoms. The number of hydrogen-bond donors (Lipinski definition) is 4. The van der Waals surface area contributed by atoms with E-state index in [1.807, 2.05) is 18.3 Å². The highest BCUT2D eigenvalue weighted by Gasteiger charge is 2.62. The van der Waals surface area contributed by atoms with Crippen molar-refractivity contribution < 1.29 is 15.0 Å². The molecule has 4 N–H and O–H groups in total. The van der Waals surface area contributed by atoms with Gasteiger partial charge in [0.1, 0.15) is 0 Å². The number of aliphatic hydroxyl groups excluding tert-OH is 1. The van der Waals surface area contributed by atoms with E-state index in [4.69, 9.17) is 0 Å². The lowest BCUT2D eigenvalue weighted by molar-refractivity contribution is -0.167. The number of carboxylic acid groups (broad SMARTS) is 1. The van der Waals surface area contributed by atoms with Gasteiger partial charge in [-0.1, -0.05) is 26.8 Å². The van der Waals surface area contributed by atoms with E-state index < -0.39 is 5.97 Å². The first kappa shape index (κ1) is 30.0. The van der Waals surface area contributed by atoms with Crippen LogP contribution in [0.5, 0.6) is 0 Å². The second kappa shape index (κ2) is 12.8. The average Bonchev–Trinajstić information content (AvgIpc) is 3.29. The Balaban J connectivity index is 1.10. The van der Waals surface area contributed by atoms with Gasteiger partial charge in [-0.05, 0) is 142 Å². The van der Waals surface area contributed by atoms with Gasteiger partial charge in [0.05, 0.1) is 11.8 Å². The molecule has 6 heteroatoms. The molecule has 1 aromatic heterocycles. The molecule has 0 unspecified atom stereocenters. The predicted octanol–water partition coefficient (Wildman–Crippen LogP) is 6.04. The zero-order valence-electron chi connectivity index (χ0n) is 25.3. The summed E-state index contributed by atoms with van der Waals surface area (Å²) in [5, 5.41) is 28.3. The Morgan fingerprint density at radius 3 is 2.60 bits per heavy atom. The first-order valence-corrected chi connectivity index (χ1v) is 16.5. The summed E-state index contributed by atoms with van der Waals surface area (Å²) < 4.78 is 0. The van der Waals surface area contributed by atoms with Crippen LogP contribution in [0, 0.1) is 46.3 Å². The molecule has 0 aromatic carbocycles. The molecule has 0 saturated heterocycles. The van der Waals surface area contributed by atoms with Crippen LogP contribution in [0.25, 0.3) is 0 Å². The monoisotopic (exact) mass is 553 g/mol. The van der Waals surface area contributed by atoms with Crippen molar-refractivity contribution in [1.82, 2.24) is 15.6 Å². The van der Waals surface area contributed by atoms with Crippen molar-refractivity contribution in [1.29, 1.82) is 0 Å². The number of nitrogens with zero attached hydrogens (tertiary/aromatic N) is 1. The van der Waals surface area contributed by atoms with Crippen molar-refractivity contribution in [3.63, 3.8) is 0 Å². The van der Waals surface area contributed by atoms with Crippen LogP contribution in [0.15, 0.2) is 24.4 Å². The lowest BCUT2D eigenvalue weighted by Gasteiger charge is -2.62. The van der Waals surface area contributed by atoms with Crippen LogP contribution in [0.1, 0.15) is 104 Å². The quantitative estimate of drug-likeness (QED) is 0.236. The van der Waals surface area contributed by atoms with E-state index in [1.165, 1.54) is 57.8 Å². The zero-order chi connectivity index (χ0) is 28.3. The van der Waals surface area contributed by atoms with Crippen molar-refractivity contribution in [2.45, 2.75) is 117 Å². The summed E-state index contributed by atoms with van der Waals surface area (Å²) in [6.07, 6.45) is 14.8. The van der Waals surface area contributed by atoms with E-state index in [9.17, 15) is 15.0 Å². The van der Waals surface area contributed by atoms with Crippen molar-refractivity contribution >= 4 is 5.97 Å². The first-order valence-electron chi connectivity index (χ1n) is 16.5. The third-order valence-electron chi connectivity index (χ3n) is 12.5. The average molecular weight is 554 g/mol. The van der Waals surface area contributed by atoms with Crippen LogP contribution in [0.3, 0.4) is 0 Å². The third kappa shape index (κ3) is 6.15. The topological polar surface area (TPSA) is 94.5 Å². The van der Waals surface area contributed by atoms with Crippen LogP contribution in [-0.4, -0.2) is 46.4 Å². The number of nitrogens with one attached hydrogen (secondary N) is 2. The Kier molecular flexibility index (Phi) is 9.58. The zero-order valence-corrected chi connectivity index (χ0v) is 25.3. The molecular formula is C34H55N3O3. The Bertz CT molecular complexity index is 974. The molecule has 10 atom stereocenters. The molecule has 0 amide bonds. The van der Waals surface area contributed by atoms with E-state index in [1.54, 1.807) is 0 Å². The molecule has 0 bridgehead atoms. The number of aromatic nitrogens is 1. The minimum atomic E-state index is -0.671. The molecule has 4 saturated carbocycles. The minimum Gasteiger partial charge on any atom is -0.481 e. The maximum Gasteiger partial charge on any atom is 0.303 e. The molecule has 0 aliphatic heterocycles. The van der Waals surface area contributed by atoms with Gasteiger partial charge in [0, 0.05) is 25.2 Å². The number of carboxylic acids is 1. The summed E-state index contributed by atoms with van der Waals surface area (Å²) in [5.41, 5.74) is 1.71. The third-order valence-corrected chi connectivity index (χ3v) is 12.5. The van der Waals surface area contributed by atoms with Crippen LogP contribution in [0.2, 0.25) is 0 Å². The molecular weight excluding hydrogens is 498 g/mol. The Hall–Kier alpha value is -1.50. The molecule has 4 fully saturated rings. The second-order valence-electron chi connectivity index (χ2n) is 14.6. The van der Waals surface area contributed by atoms with E-state index in [0.717, 1.165) is 38.2 Å². The first-order chi connectivity index (χ1) is 19.2. The van der Waals surface area contributed by atoms with Crippen molar-refractivity contribution in [3.05, 3.63) is 30.1 Å². The molecule has 5 rings (SSSR count). The molecule has 4 aliphatic carbocycles. The van der Waals surface area contributed by atoms with Gasteiger partial charge in [-0.2, -0.15) is 0 Å². The normalized spacial score (nSPS) is 39.6. The number of rotatable bonds is 12. The van der Waals surface area contributed by atoms with Gasteiger partial charge in [0.15, 0.2) is 0 Å². The second-order valence-corrected chi connectivity index (χ2v) is 14.6. The van der Waals surface area contributed by atoms with Gasteiger partial charge in [-0.25, -0.2) is 0 Å². The van der Waals surface area contributed by atoms with Crippen LogP contribution >= 0.6 is 0 Å². The molecule has 0 radical (unpaired) electrons. The van der Waals surface area contributed by atoms with Gasteiger partial charge >= 0.3 is 5.97 Å². The molecule has 40 heavy (non-hydrogen) atoms. The molecule has 1 heterocycles. The molecule has 1 aromatic rings. The van der Waals surface area contributed by atoms with Crippen molar-refractivity contribution in [2.75, 3.05) is 13.1 Å². The number of hydrogen-bond acceptors (Lipinski definition) is 5. The van der Waals surface area contributed by atoms with E-state index in [2.05, 4.69) is 42.5 Å². The van der Waals surface area contributed by atoms with Gasteiger partial charge in [0.25, 0.3) is 0 Å². The molecule has 6 nitrogen and oxygen atoms in total. The lowest BCUT2D eigenvalue weighted by Crippen LogP contribution is -2.59. The summed E-state index contributed by atoms with van der Waals surface area (Å²) >= 11 is 0. The van der Waals surface area contributed by atoms with Gasteiger partial charge in [-0.3, -0.25) is 9.78 Å². The van der Waals surface area contributed by atoms with E-state index >= 15 is 0 Å². The van der Waals surface area contributed by atoms with Gasteiger partial charge in [0.2, 0.25) is 0 Å². The molecule has 4 aliphatic rings. The summed E-state index contributed by atoms with van der Waals surface area (Å²) in [5.74, 6) is 2.66. The Morgan fingerprint density at radius 1 is 1.05 bits per heavy atom. The van der Waals surface area contributed by atoms with Crippen LogP contribution in [0.4, 0.5) is 0 Å². The van der Waals surface area contributed by atoms with Gasteiger partial charge in [-0.15, -0.1) is 0 Å². The fourth-order valence-corrected chi connectivity index (χ4v) is 10.3. The fourth-order valence-electron chi connectivity index (χ4n) is 10.3. The summed E-state index contributed by atoms with van der Waals surface area (Å²) in [6, 6.07) is 6.65. The summed E-state index contributed by atoms with van der Waals surface area (Å²) in [7, 11) is 0. The van der Waals surface area contributed by atoms with Gasteiger partial charge < -0.3 is 20.8 Å². The number of carbonyl (C=O) groups is 1. The SMILES string of the molecule is C[C@H](CCC(=O)O)[C@H]1CC[C@H]2[C@@H]3[C@H](O)C[C@H]4C[C@@H](NCCCCNCc5ccccn5)CC[C@]4(C)[C@H]3CC[C@]12C. The fraction of sp³-hybridized carbons (Fsp3) is 0.824. The highest BCUT2D eigenvalue weighted by atomic mass is 16.4. The maximum absolute atomic E-state index is 11.7. The number of pyridine rings is 1. The number of unbranched alkanes of at least 4 members (excludes halogenated alkanes) is 1. The number of aliphatic hydroxyl groups is 1. The maximum atomic E-state index is 11.7. The molecule has 224 valence electrons. The number of fused-ring (bicyclic) bond motifs is 5. The largest absolute Gasteiger partial charge is 0.481 e. The van der Waals surface area contributed by atoms with Crippen molar-refractivity contribution in [2.24, 2.45) is 46.3 Å². The Labute approximate surface area is 242 Å². The standard InChI is InChI=1S/C34H55N3O3/c1-23(9-12-31(39)40)27-10-11-28-32-29(14-16-34(27,28)3)33(2)15-13-25(20-24(33)21-30(32)38)36-19-7-6-17-35-22-26-8-4-5-18-37-26/h4-5,8,18,23-25,27-30,32,35-36,38H,6-7,9-17,19-22H2,1-3H3,(H,39,40)/t23-,24-,25+,27-,28+,29+,30-,32+,33+,34-/m1/s1. The Morgan fingerprint density at radius 2 is 1.82 bits per heavy atom. The highest BCUT2D eigenvalue weighted by molar-refractivity contribution is 5.66. The van der Waals surface area contributed by atoms with Crippen LogP contribution < -0.4 is 10.6 Å². The van der Waals surface area contributed by atoms with Crippen molar-refractivity contribution in [3.8, 4) is 0 Å². The number of aliphatic carboxylic acids is 1. The minimum absolute atomic E-state index is 0.176. The van der Waals surface area contributed by atoms with E-state index in [-0.39, 0.29) is 17.9 Å².